The van der Waals surface area contributed by atoms with Crippen LogP contribution in [-0.4, -0.2) is 28.6 Å². The van der Waals surface area contributed by atoms with E-state index in [0.717, 1.165) is 23.1 Å². The van der Waals surface area contributed by atoms with Crippen LogP contribution in [0.25, 0.3) is 10.9 Å². The van der Waals surface area contributed by atoms with Crippen LogP contribution in [0.1, 0.15) is 12.6 Å². The van der Waals surface area contributed by atoms with Gasteiger partial charge >= 0.3 is 0 Å². The third-order valence-corrected chi connectivity index (χ3v) is 2.74. The minimum absolute atomic E-state index is 0.277. The second kappa shape index (κ2) is 4.49. The Kier molecular flexibility index (Phi) is 3.06. The van der Waals surface area contributed by atoms with Gasteiger partial charge in [-0.2, -0.15) is 0 Å². The fraction of sp³-hybridized carbons (Fsp3) is 0.308. The zero-order valence-corrected chi connectivity index (χ0v) is 9.64. The number of benzene rings is 1. The van der Waals surface area contributed by atoms with E-state index in [2.05, 4.69) is 16.8 Å². The molecule has 0 bridgehead atoms. The summed E-state index contributed by atoms with van der Waals surface area (Å²) >= 11 is 0. The van der Waals surface area contributed by atoms with Crippen LogP contribution < -0.4 is 0 Å². The lowest BCUT2D eigenvalue weighted by atomic mass is 10.2. The fourth-order valence-electron chi connectivity index (χ4n) is 1.63. The minimum atomic E-state index is 0.277. The highest BCUT2D eigenvalue weighted by Gasteiger charge is 2.07. The number of nitrogens with zero attached hydrogens (tertiary/aromatic N) is 2. The maximum atomic E-state index is 9.86. The second-order valence-electron chi connectivity index (χ2n) is 3.98. The van der Waals surface area contributed by atoms with Crippen molar-refractivity contribution in [3.63, 3.8) is 0 Å². The van der Waals surface area contributed by atoms with Gasteiger partial charge in [0.05, 0.1) is 11.2 Å². The van der Waals surface area contributed by atoms with Crippen molar-refractivity contribution < 1.29 is 5.11 Å². The van der Waals surface area contributed by atoms with Crippen molar-refractivity contribution in [2.75, 3.05) is 13.6 Å². The highest BCUT2D eigenvalue weighted by molar-refractivity contribution is 5.80. The van der Waals surface area contributed by atoms with E-state index < -0.39 is 0 Å². The van der Waals surface area contributed by atoms with Crippen LogP contribution in [0.3, 0.4) is 0 Å². The topological polar surface area (TPSA) is 36.4 Å². The van der Waals surface area contributed by atoms with E-state index in [-0.39, 0.29) is 5.75 Å². The highest BCUT2D eigenvalue weighted by Crippen LogP contribution is 2.22. The van der Waals surface area contributed by atoms with Crippen LogP contribution in [-0.2, 0) is 6.54 Å². The number of aromatic hydroxyl groups is 1. The van der Waals surface area contributed by atoms with E-state index in [1.54, 1.807) is 6.07 Å². The molecule has 0 amide bonds. The van der Waals surface area contributed by atoms with Crippen molar-refractivity contribution in [1.82, 2.24) is 9.88 Å². The van der Waals surface area contributed by atoms with Crippen LogP contribution in [0, 0.1) is 0 Å². The van der Waals surface area contributed by atoms with E-state index >= 15 is 0 Å². The first kappa shape index (κ1) is 10.9. The van der Waals surface area contributed by atoms with E-state index in [0.29, 0.717) is 6.54 Å². The molecule has 0 spiro atoms. The molecule has 16 heavy (non-hydrogen) atoms. The molecule has 0 saturated heterocycles. The summed E-state index contributed by atoms with van der Waals surface area (Å²) in [6.07, 6.45) is 0. The van der Waals surface area contributed by atoms with Gasteiger partial charge in [0.2, 0.25) is 0 Å². The molecule has 0 atom stereocenters. The Morgan fingerprint density at radius 3 is 2.81 bits per heavy atom. The average Bonchev–Trinajstić information content (AvgIpc) is 2.30. The van der Waals surface area contributed by atoms with Gasteiger partial charge < -0.3 is 10.0 Å². The average molecular weight is 216 g/mol. The predicted molar refractivity (Wildman–Crippen MR) is 65.4 cm³/mol. The molecular formula is C13H16N2O. The molecule has 0 aliphatic carbocycles. The third-order valence-electron chi connectivity index (χ3n) is 2.74. The summed E-state index contributed by atoms with van der Waals surface area (Å²) in [4.78, 5) is 6.58. The minimum Gasteiger partial charge on any atom is -0.506 e. The molecule has 0 radical (unpaired) electrons. The second-order valence-corrected chi connectivity index (χ2v) is 3.98. The largest absolute Gasteiger partial charge is 0.506 e. The predicted octanol–water partition coefficient (Wildman–Crippen LogP) is 2.39. The van der Waals surface area contributed by atoms with E-state index in [1.165, 1.54) is 0 Å². The molecule has 0 fully saturated rings. The van der Waals surface area contributed by atoms with Crippen molar-refractivity contribution in [1.29, 1.82) is 0 Å². The number of fused-ring (bicyclic) bond motifs is 1. The molecule has 1 heterocycles. The number of aromatic nitrogens is 1. The van der Waals surface area contributed by atoms with Crippen LogP contribution in [0.15, 0.2) is 30.3 Å². The van der Waals surface area contributed by atoms with Gasteiger partial charge in [-0.1, -0.05) is 25.1 Å². The molecule has 3 nitrogen and oxygen atoms in total. The number of rotatable bonds is 3. The lowest BCUT2D eigenvalue weighted by molar-refractivity contribution is 0.332. The summed E-state index contributed by atoms with van der Waals surface area (Å²) in [5.74, 6) is 0.277. The Bertz CT molecular complexity index is 496. The van der Waals surface area contributed by atoms with Crippen molar-refractivity contribution in [2.45, 2.75) is 13.5 Å². The first-order valence-corrected chi connectivity index (χ1v) is 5.47. The van der Waals surface area contributed by atoms with Gasteiger partial charge in [0.25, 0.3) is 0 Å². The molecule has 0 aliphatic rings. The number of para-hydroxylation sites is 1. The first-order valence-electron chi connectivity index (χ1n) is 5.47. The summed E-state index contributed by atoms with van der Waals surface area (Å²) in [7, 11) is 2.01. The Morgan fingerprint density at radius 2 is 2.06 bits per heavy atom. The van der Waals surface area contributed by atoms with Gasteiger partial charge in [-0.25, -0.2) is 4.98 Å². The standard InChI is InChI=1S/C13H16N2O/c1-3-15(2)9-12-13(16)8-10-6-4-5-7-11(10)14-12/h4-8,16H,3,9H2,1-2H3. The maximum absolute atomic E-state index is 9.86. The molecule has 0 saturated carbocycles. The van der Waals surface area contributed by atoms with Gasteiger partial charge in [0.1, 0.15) is 5.75 Å². The molecule has 1 N–H and O–H groups in total. The third kappa shape index (κ3) is 2.14. The fourth-order valence-corrected chi connectivity index (χ4v) is 1.63. The maximum Gasteiger partial charge on any atom is 0.139 e. The van der Waals surface area contributed by atoms with Crippen LogP contribution in [0.4, 0.5) is 0 Å². The van der Waals surface area contributed by atoms with Gasteiger partial charge in [0.15, 0.2) is 0 Å². The van der Waals surface area contributed by atoms with Crippen molar-refractivity contribution in [3.05, 3.63) is 36.0 Å². The lowest BCUT2D eigenvalue weighted by Gasteiger charge is -2.14. The molecule has 3 heteroatoms. The van der Waals surface area contributed by atoms with Crippen molar-refractivity contribution in [3.8, 4) is 5.75 Å². The van der Waals surface area contributed by atoms with Crippen LogP contribution in [0.2, 0.25) is 0 Å². The van der Waals surface area contributed by atoms with Gasteiger partial charge in [-0.15, -0.1) is 0 Å². The van der Waals surface area contributed by atoms with E-state index in [4.69, 9.17) is 0 Å². The molecule has 2 aromatic rings. The van der Waals surface area contributed by atoms with E-state index in [9.17, 15) is 5.11 Å². The summed E-state index contributed by atoms with van der Waals surface area (Å²) in [6, 6.07) is 9.60. The lowest BCUT2D eigenvalue weighted by Crippen LogP contribution is -2.17. The van der Waals surface area contributed by atoms with Gasteiger partial charge in [-0.3, -0.25) is 0 Å². The Balaban J connectivity index is 2.42. The molecular weight excluding hydrogens is 200 g/mol. The Morgan fingerprint density at radius 1 is 1.31 bits per heavy atom. The quantitative estimate of drug-likeness (QED) is 0.855. The SMILES string of the molecule is CCN(C)Cc1nc2ccccc2cc1O. The molecule has 0 aliphatic heterocycles. The summed E-state index contributed by atoms with van der Waals surface area (Å²) in [5.41, 5.74) is 1.67. The molecule has 1 aromatic heterocycles. The molecule has 2 rings (SSSR count). The molecule has 84 valence electrons. The van der Waals surface area contributed by atoms with Crippen molar-refractivity contribution >= 4 is 10.9 Å². The zero-order chi connectivity index (χ0) is 11.5. The van der Waals surface area contributed by atoms with Gasteiger partial charge in [0, 0.05) is 11.9 Å². The van der Waals surface area contributed by atoms with Crippen LogP contribution >= 0.6 is 0 Å². The van der Waals surface area contributed by atoms with Gasteiger partial charge in [-0.05, 0) is 25.7 Å². The summed E-state index contributed by atoms with van der Waals surface area (Å²) in [5, 5.41) is 10.8. The smallest absolute Gasteiger partial charge is 0.139 e. The van der Waals surface area contributed by atoms with E-state index in [1.807, 2.05) is 31.3 Å². The number of hydrogen-bond donors (Lipinski definition) is 1. The Labute approximate surface area is 95.3 Å². The first-order chi connectivity index (χ1) is 7.70. The van der Waals surface area contributed by atoms with Crippen LogP contribution in [0.5, 0.6) is 5.75 Å². The highest BCUT2D eigenvalue weighted by atomic mass is 16.3. The summed E-state index contributed by atoms with van der Waals surface area (Å²) < 4.78 is 0. The Hall–Kier alpha value is -1.61. The monoisotopic (exact) mass is 216 g/mol. The summed E-state index contributed by atoms with van der Waals surface area (Å²) in [6.45, 7) is 3.69. The molecule has 0 unspecified atom stereocenters. The zero-order valence-electron chi connectivity index (χ0n) is 9.64. The number of pyridine rings is 1. The number of hydrogen-bond acceptors (Lipinski definition) is 3. The normalized spacial score (nSPS) is 11.2. The van der Waals surface area contributed by atoms with Crippen molar-refractivity contribution in [2.24, 2.45) is 0 Å². The molecule has 1 aromatic carbocycles.